The number of ether oxygens (including phenoxy) is 5. The lowest BCUT2D eigenvalue weighted by Gasteiger charge is -2.30. The van der Waals surface area contributed by atoms with E-state index in [9.17, 15) is 57.8 Å². The number of benzene rings is 4. The van der Waals surface area contributed by atoms with Gasteiger partial charge in [0.2, 0.25) is 5.91 Å². The molecule has 5 heterocycles. The summed E-state index contributed by atoms with van der Waals surface area (Å²) in [6.07, 6.45) is -0.293. The van der Waals surface area contributed by atoms with Crippen molar-refractivity contribution in [1.82, 2.24) is 30.1 Å². The number of aryl methyl sites for hydroxylation is 1. The van der Waals surface area contributed by atoms with Crippen molar-refractivity contribution in [2.24, 2.45) is 5.11 Å². The lowest BCUT2D eigenvalue weighted by atomic mass is 9.90. The Balaban J connectivity index is 0.679. The second kappa shape index (κ2) is 34.7. The molecule has 0 bridgehead atoms. The smallest absolute Gasteiger partial charge is 0.490 e. The predicted octanol–water partition coefficient (Wildman–Crippen LogP) is 7.53. The second-order valence-electron chi connectivity index (χ2n) is 22.5. The van der Waals surface area contributed by atoms with Crippen LogP contribution in [0.15, 0.2) is 110 Å². The summed E-state index contributed by atoms with van der Waals surface area (Å²) in [5, 5.41) is 10.1. The highest BCUT2D eigenvalue weighted by atomic mass is 32.1. The molecule has 9 rings (SSSR count). The molecule has 1 fully saturated rings. The largest absolute Gasteiger partial charge is 0.491 e. The summed E-state index contributed by atoms with van der Waals surface area (Å²) in [7, 11) is -15.2. The summed E-state index contributed by atoms with van der Waals surface area (Å²) >= 11 is 1.38. The lowest BCUT2D eigenvalue weighted by molar-refractivity contribution is -0.126. The van der Waals surface area contributed by atoms with Crippen LogP contribution >= 0.6 is 34.8 Å². The first-order valence-electron chi connectivity index (χ1n) is 31.4. The van der Waals surface area contributed by atoms with Crippen LogP contribution in [0, 0.1) is 11.8 Å². The molecular weight excluding hydrogens is 1390 g/mol. The average Bonchev–Trinajstić information content (AvgIpc) is 1.39. The first kappa shape index (κ1) is 75.7. The van der Waals surface area contributed by atoms with Crippen LogP contribution < -0.4 is 37.3 Å². The Hall–Kier alpha value is -8.54. The predicted molar refractivity (Wildman–Crippen MR) is 364 cm³/mol. The molecule has 100 heavy (non-hydrogen) atoms. The van der Waals surface area contributed by atoms with Crippen LogP contribution in [0.4, 0.5) is 11.5 Å². The third-order valence-corrected chi connectivity index (χ3v) is 20.4. The molecule has 2 aliphatic heterocycles. The van der Waals surface area contributed by atoms with Gasteiger partial charge in [-0.15, -0.1) is 11.3 Å². The summed E-state index contributed by atoms with van der Waals surface area (Å²) < 4.78 is 83.4. The van der Waals surface area contributed by atoms with Gasteiger partial charge in [-0.2, -0.15) is 13.6 Å². The Kier molecular flexibility index (Phi) is 26.2. The van der Waals surface area contributed by atoms with Crippen molar-refractivity contribution in [3.05, 3.63) is 145 Å². The molecule has 8 N–H and O–H groups in total. The first-order chi connectivity index (χ1) is 47.8. The highest BCUT2D eigenvalue weighted by Gasteiger charge is 2.44. The number of azide groups is 1. The number of rotatable bonds is 34. The number of aromatic nitrogens is 3. The van der Waals surface area contributed by atoms with Crippen molar-refractivity contribution in [2.75, 3.05) is 90.0 Å². The van der Waals surface area contributed by atoms with Gasteiger partial charge in [0.05, 0.1) is 48.2 Å². The number of hydrogen-bond acceptors (Lipinski definition) is 24. The van der Waals surface area contributed by atoms with Gasteiger partial charge in [-0.1, -0.05) is 53.4 Å². The van der Waals surface area contributed by atoms with Crippen LogP contribution in [-0.2, 0) is 61.8 Å². The highest BCUT2D eigenvalue weighted by Crippen LogP contribution is 2.66. The van der Waals surface area contributed by atoms with Gasteiger partial charge in [0, 0.05) is 104 Å². The molecule has 0 spiro atoms. The van der Waals surface area contributed by atoms with E-state index in [1.165, 1.54) is 23.6 Å². The Morgan fingerprint density at radius 1 is 0.940 bits per heavy atom. The summed E-state index contributed by atoms with van der Waals surface area (Å²) in [5.74, 6) is 4.01. The minimum atomic E-state index is -5.79. The number of thiazole rings is 1. The van der Waals surface area contributed by atoms with Gasteiger partial charge in [-0.25, -0.2) is 28.3 Å². The molecule has 0 saturated carbocycles. The normalized spacial score (nSPS) is 16.7. The van der Waals surface area contributed by atoms with Crippen molar-refractivity contribution in [3.63, 3.8) is 0 Å². The second-order valence-corrected chi connectivity index (χ2v) is 28.0. The van der Waals surface area contributed by atoms with Crippen molar-refractivity contribution in [2.45, 2.75) is 83.5 Å². The summed E-state index contributed by atoms with van der Waals surface area (Å²) in [6.45, 7) is 3.97. The number of amides is 3. The monoisotopic (exact) mass is 1460 g/mol. The SMILES string of the molecule is CCOC1CC(n2cc(C#CCNC(=O)COCCOC(COc3cccc(C(=O)NCCCC(=O)CCCN(C)C(=O)c4ccccc4-c4c(-c5nc6ccccc6s5)c(=O)oc5cc6c(cc45)CCCN6CC)c3)N=[N+]=[N-])c(N)nc2=O)OC1COP(=O)(O)OP(=O)(O)OP(=O)(O)O. The van der Waals surface area contributed by atoms with E-state index in [-0.39, 0.29) is 105 Å². The van der Waals surface area contributed by atoms with Crippen molar-refractivity contribution >= 4 is 91.0 Å². The number of fused-ring (bicyclic) bond motifs is 3. The quantitative estimate of drug-likeness (QED) is 0.00389. The van der Waals surface area contributed by atoms with Gasteiger partial charge in [-0.05, 0) is 98.7 Å². The van der Waals surface area contributed by atoms with Crippen LogP contribution in [-0.4, -0.2) is 160 Å². The first-order valence-corrected chi connectivity index (χ1v) is 36.7. The number of nitrogens with two attached hydrogens (primary N) is 1. The number of carbonyl (C=O) groups is 4. The number of anilines is 2. The van der Waals surface area contributed by atoms with Crippen LogP contribution in [0.1, 0.15) is 90.4 Å². The summed E-state index contributed by atoms with van der Waals surface area (Å²) in [5.41, 5.74) is 19.1. The standard InChI is InChI=1S/C63H72N11O22P3S/c1-4-73-28-13-17-39-32-46-49(33-48(39)73)94-62(79)57(60-68-47-23-8-9-24-52(47)100-60)56(46)44-21-6-7-22-45(44)61(78)72(3)27-14-19-42(75)18-12-26-67-59(77)40-15-10-20-43(31-40)91-38-54(70-71-65)90-30-29-88-37-53(76)66-25-11-16-41-35-74(63(80)69-58(41)64)55-34-50(89-5-2)51(93-55)36-92-98(84,85)96-99(86,87)95-97(81,82)83/h6-10,15,20-24,31-33,35,50-51,54-55H,4-5,12-14,17-19,25-30,34,36-38H2,1-3H3,(H,66,76)(H,67,77)(H,84,85)(H,86,87)(H2,64,69,80)(H2,81,82,83). The number of ketones is 1. The van der Waals surface area contributed by atoms with E-state index in [4.69, 9.17) is 53.1 Å². The van der Waals surface area contributed by atoms with Crippen LogP contribution in [0.3, 0.4) is 0 Å². The van der Waals surface area contributed by atoms with E-state index in [1.807, 2.05) is 42.5 Å². The molecule has 7 aromatic rings. The molecule has 3 aromatic heterocycles. The van der Waals surface area contributed by atoms with Crippen molar-refractivity contribution < 1.29 is 93.7 Å². The van der Waals surface area contributed by atoms with E-state index in [0.717, 1.165) is 52.0 Å². The molecule has 33 nitrogen and oxygen atoms in total. The molecule has 6 atom stereocenters. The molecule has 37 heteroatoms. The molecule has 0 radical (unpaired) electrons. The number of para-hydroxylation sites is 1. The number of nitrogens with one attached hydrogen (secondary N) is 2. The van der Waals surface area contributed by atoms with E-state index in [0.29, 0.717) is 45.5 Å². The number of nitrogen functional groups attached to an aromatic ring is 1. The molecule has 2 aliphatic rings. The van der Waals surface area contributed by atoms with Gasteiger partial charge in [-0.3, -0.25) is 28.3 Å². The minimum Gasteiger partial charge on any atom is -0.491 e. The Labute approximate surface area is 574 Å². The topological polar surface area (TPSA) is 458 Å². The zero-order valence-electron chi connectivity index (χ0n) is 54.2. The number of phosphoric acid groups is 3. The maximum atomic E-state index is 14.5. The number of Topliss-reactive ketones (excluding diaryl/α,β-unsaturated/α-hetero) is 1. The number of phosphoric ester groups is 1. The van der Waals surface area contributed by atoms with Crippen LogP contribution in [0.2, 0.25) is 0 Å². The summed E-state index contributed by atoms with van der Waals surface area (Å²) in [4.78, 5) is 133. The molecule has 3 amide bonds. The molecule has 6 unspecified atom stereocenters. The Bertz CT molecular complexity index is 4520. The fourth-order valence-corrected chi connectivity index (χ4v) is 15.1. The number of nitrogens with zero attached hydrogens (tertiary/aromatic N) is 8. The van der Waals surface area contributed by atoms with Gasteiger partial charge in [0.25, 0.3) is 11.8 Å². The van der Waals surface area contributed by atoms with Gasteiger partial charge >= 0.3 is 34.8 Å². The molecule has 4 aromatic carbocycles. The fraction of sp³-hybridized carbons (Fsp3) is 0.397. The van der Waals surface area contributed by atoms with E-state index in [1.54, 1.807) is 49.2 Å². The summed E-state index contributed by atoms with van der Waals surface area (Å²) in [6, 6.07) is 25.1. The Morgan fingerprint density at radius 2 is 1.72 bits per heavy atom. The van der Waals surface area contributed by atoms with E-state index < -0.39 is 84.5 Å². The zero-order chi connectivity index (χ0) is 71.7. The number of hydrogen-bond donors (Lipinski definition) is 7. The fourth-order valence-electron chi connectivity index (χ4n) is 11.0. The van der Waals surface area contributed by atoms with Gasteiger partial charge in [0.15, 0.2) is 6.23 Å². The lowest BCUT2D eigenvalue weighted by Crippen LogP contribution is -2.30. The molecule has 0 aliphatic carbocycles. The van der Waals surface area contributed by atoms with Gasteiger partial charge < -0.3 is 73.8 Å². The third-order valence-electron chi connectivity index (χ3n) is 15.6. The van der Waals surface area contributed by atoms with Crippen molar-refractivity contribution in [1.29, 1.82) is 0 Å². The number of carbonyl (C=O) groups excluding carboxylic acids is 4. The molecule has 532 valence electrons. The van der Waals surface area contributed by atoms with Crippen molar-refractivity contribution in [3.8, 4) is 39.3 Å². The maximum Gasteiger partial charge on any atom is 0.490 e. The van der Waals surface area contributed by atoms with E-state index >= 15 is 0 Å². The highest BCUT2D eigenvalue weighted by molar-refractivity contribution is 7.66. The van der Waals surface area contributed by atoms with Crippen LogP contribution in [0.25, 0.3) is 53.3 Å². The average molecular weight is 1460 g/mol. The molecular formula is C63H72N11O22P3S. The molecule has 1 saturated heterocycles. The Morgan fingerprint density at radius 3 is 2.49 bits per heavy atom. The van der Waals surface area contributed by atoms with Crippen LogP contribution in [0.5, 0.6) is 5.75 Å². The van der Waals surface area contributed by atoms with Gasteiger partial charge in [0.1, 0.15) is 59.1 Å². The van der Waals surface area contributed by atoms with E-state index in [2.05, 4.69) is 64.0 Å². The maximum absolute atomic E-state index is 14.5. The minimum absolute atomic E-state index is 0.0344. The third kappa shape index (κ3) is 20.6. The zero-order valence-corrected chi connectivity index (χ0v) is 57.7.